The Labute approximate surface area is 97.7 Å². The highest BCUT2D eigenvalue weighted by Gasteiger charge is 2.09. The van der Waals surface area contributed by atoms with Crippen molar-refractivity contribution in [3.05, 3.63) is 42.1 Å². The van der Waals surface area contributed by atoms with Crippen molar-refractivity contribution in [2.24, 2.45) is 5.73 Å². The van der Waals surface area contributed by atoms with Gasteiger partial charge in [-0.15, -0.1) is 0 Å². The van der Waals surface area contributed by atoms with Gasteiger partial charge in [0, 0.05) is 11.8 Å². The van der Waals surface area contributed by atoms with Gasteiger partial charge < -0.3 is 16.6 Å². The van der Waals surface area contributed by atoms with E-state index in [-0.39, 0.29) is 17.1 Å². The van der Waals surface area contributed by atoms with Crippen molar-refractivity contribution in [3.8, 4) is 16.9 Å². The van der Waals surface area contributed by atoms with Gasteiger partial charge in [0.2, 0.25) is 0 Å². The van der Waals surface area contributed by atoms with E-state index < -0.39 is 5.91 Å². The summed E-state index contributed by atoms with van der Waals surface area (Å²) in [6.07, 6.45) is 1.55. The van der Waals surface area contributed by atoms with Crippen LogP contribution in [-0.2, 0) is 0 Å². The number of aromatic hydroxyl groups is 1. The lowest BCUT2D eigenvalue weighted by Crippen LogP contribution is -2.14. The molecule has 0 spiro atoms. The number of nitrogens with two attached hydrogens (primary N) is 2. The standard InChI is InChI=1S/C12H11N3O2/c13-11-10(12(14)17)5-8(6-15-11)7-1-3-9(16)4-2-7/h1-6,16H,(H2,13,15)(H2,14,17). The molecule has 1 amide bonds. The first kappa shape index (κ1) is 10.9. The Morgan fingerprint density at radius 2 is 1.82 bits per heavy atom. The van der Waals surface area contributed by atoms with E-state index in [9.17, 15) is 9.90 Å². The topological polar surface area (TPSA) is 102 Å². The van der Waals surface area contributed by atoms with Gasteiger partial charge in [-0.05, 0) is 23.8 Å². The number of benzene rings is 1. The molecule has 2 aromatic rings. The molecule has 0 saturated heterocycles. The Balaban J connectivity index is 2.50. The number of nitrogens with zero attached hydrogens (tertiary/aromatic N) is 1. The molecule has 5 nitrogen and oxygen atoms in total. The van der Waals surface area contributed by atoms with Crippen molar-refractivity contribution in [1.82, 2.24) is 4.98 Å². The van der Waals surface area contributed by atoms with Crippen LogP contribution in [0.4, 0.5) is 5.82 Å². The number of carbonyl (C=O) groups excluding carboxylic acids is 1. The molecule has 86 valence electrons. The van der Waals surface area contributed by atoms with Crippen molar-refractivity contribution in [2.75, 3.05) is 5.73 Å². The number of rotatable bonds is 2. The lowest BCUT2D eigenvalue weighted by atomic mass is 10.1. The third-order valence-electron chi connectivity index (χ3n) is 2.38. The fraction of sp³-hybridized carbons (Fsp3) is 0. The maximum atomic E-state index is 11.1. The zero-order valence-corrected chi connectivity index (χ0v) is 8.92. The van der Waals surface area contributed by atoms with Crippen LogP contribution in [0.15, 0.2) is 36.5 Å². The lowest BCUT2D eigenvalue weighted by molar-refractivity contribution is 0.100. The van der Waals surface area contributed by atoms with E-state index in [4.69, 9.17) is 11.5 Å². The quantitative estimate of drug-likeness (QED) is 0.718. The highest BCUT2D eigenvalue weighted by Crippen LogP contribution is 2.23. The number of hydrogen-bond acceptors (Lipinski definition) is 4. The third kappa shape index (κ3) is 2.17. The number of amides is 1. The Morgan fingerprint density at radius 3 is 2.41 bits per heavy atom. The highest BCUT2D eigenvalue weighted by molar-refractivity contribution is 5.98. The van der Waals surface area contributed by atoms with Gasteiger partial charge in [0.15, 0.2) is 0 Å². The van der Waals surface area contributed by atoms with E-state index >= 15 is 0 Å². The lowest BCUT2D eigenvalue weighted by Gasteiger charge is -2.05. The average molecular weight is 229 g/mol. The van der Waals surface area contributed by atoms with Gasteiger partial charge in [-0.3, -0.25) is 4.79 Å². The molecule has 0 aliphatic heterocycles. The number of primary amides is 1. The van der Waals surface area contributed by atoms with Crippen LogP contribution >= 0.6 is 0 Å². The molecular weight excluding hydrogens is 218 g/mol. The normalized spacial score (nSPS) is 10.1. The van der Waals surface area contributed by atoms with Gasteiger partial charge >= 0.3 is 0 Å². The minimum absolute atomic E-state index is 0.111. The number of phenolic OH excluding ortho intramolecular Hbond substituents is 1. The summed E-state index contributed by atoms with van der Waals surface area (Å²) in [5.74, 6) is -0.331. The van der Waals surface area contributed by atoms with Crippen LogP contribution in [0, 0.1) is 0 Å². The Bertz CT molecular complexity index is 564. The summed E-state index contributed by atoms with van der Waals surface area (Å²) in [4.78, 5) is 15.0. The molecule has 0 saturated carbocycles. The Kier molecular flexibility index (Phi) is 2.66. The molecule has 17 heavy (non-hydrogen) atoms. The van der Waals surface area contributed by atoms with Crippen LogP contribution in [0.1, 0.15) is 10.4 Å². The van der Waals surface area contributed by atoms with Crippen LogP contribution in [0.25, 0.3) is 11.1 Å². The van der Waals surface area contributed by atoms with Crippen molar-refractivity contribution >= 4 is 11.7 Å². The first-order chi connectivity index (χ1) is 8.08. The van der Waals surface area contributed by atoms with Gasteiger partial charge in [0.1, 0.15) is 11.6 Å². The van der Waals surface area contributed by atoms with E-state index in [1.165, 1.54) is 0 Å². The Hall–Kier alpha value is -2.56. The number of hydrogen-bond donors (Lipinski definition) is 3. The van der Waals surface area contributed by atoms with Gasteiger partial charge in [0.25, 0.3) is 5.91 Å². The summed E-state index contributed by atoms with van der Waals surface area (Å²) in [6.45, 7) is 0. The fourth-order valence-corrected chi connectivity index (χ4v) is 1.48. The number of phenols is 1. The average Bonchev–Trinajstić information content (AvgIpc) is 2.30. The molecule has 0 aliphatic rings. The second-order valence-corrected chi connectivity index (χ2v) is 3.57. The van der Waals surface area contributed by atoms with Crippen LogP contribution in [-0.4, -0.2) is 16.0 Å². The highest BCUT2D eigenvalue weighted by atomic mass is 16.3. The number of aromatic nitrogens is 1. The molecule has 0 aliphatic carbocycles. The minimum atomic E-state index is -0.615. The third-order valence-corrected chi connectivity index (χ3v) is 2.38. The fourth-order valence-electron chi connectivity index (χ4n) is 1.48. The van der Waals surface area contributed by atoms with Crippen LogP contribution in [0.5, 0.6) is 5.75 Å². The Morgan fingerprint density at radius 1 is 1.18 bits per heavy atom. The summed E-state index contributed by atoms with van der Waals surface area (Å²) in [7, 11) is 0. The second kappa shape index (κ2) is 4.13. The molecule has 0 bridgehead atoms. The maximum Gasteiger partial charge on any atom is 0.252 e. The van der Waals surface area contributed by atoms with Gasteiger partial charge in [0.05, 0.1) is 5.56 Å². The van der Waals surface area contributed by atoms with E-state index in [1.54, 1.807) is 36.5 Å². The predicted molar refractivity (Wildman–Crippen MR) is 64.3 cm³/mol. The van der Waals surface area contributed by atoms with Crippen LogP contribution in [0.2, 0.25) is 0 Å². The zero-order valence-electron chi connectivity index (χ0n) is 8.92. The van der Waals surface area contributed by atoms with Gasteiger partial charge in [-0.1, -0.05) is 12.1 Å². The number of anilines is 1. The van der Waals surface area contributed by atoms with E-state index in [0.717, 1.165) is 5.56 Å². The first-order valence-electron chi connectivity index (χ1n) is 4.92. The predicted octanol–water partition coefficient (Wildman–Crippen LogP) is 1.14. The largest absolute Gasteiger partial charge is 0.508 e. The molecule has 2 rings (SSSR count). The van der Waals surface area contributed by atoms with Gasteiger partial charge in [-0.2, -0.15) is 0 Å². The number of pyridine rings is 1. The van der Waals surface area contributed by atoms with Crippen molar-refractivity contribution in [1.29, 1.82) is 0 Å². The molecule has 1 aromatic carbocycles. The first-order valence-corrected chi connectivity index (χ1v) is 4.92. The van der Waals surface area contributed by atoms with E-state index in [2.05, 4.69) is 4.98 Å². The summed E-state index contributed by atoms with van der Waals surface area (Å²) >= 11 is 0. The minimum Gasteiger partial charge on any atom is -0.508 e. The summed E-state index contributed by atoms with van der Waals surface area (Å²) < 4.78 is 0. The zero-order chi connectivity index (χ0) is 12.4. The molecule has 0 atom stereocenters. The van der Waals surface area contributed by atoms with Crippen molar-refractivity contribution in [2.45, 2.75) is 0 Å². The molecule has 1 aromatic heterocycles. The van der Waals surface area contributed by atoms with Crippen molar-refractivity contribution in [3.63, 3.8) is 0 Å². The molecular formula is C12H11N3O2. The van der Waals surface area contributed by atoms with E-state index in [1.807, 2.05) is 0 Å². The molecule has 0 fully saturated rings. The van der Waals surface area contributed by atoms with Crippen LogP contribution < -0.4 is 11.5 Å². The summed E-state index contributed by atoms with van der Waals surface area (Å²) in [5, 5.41) is 9.18. The number of nitrogen functional groups attached to an aromatic ring is 1. The molecule has 0 radical (unpaired) electrons. The summed E-state index contributed by atoms with van der Waals surface area (Å²) in [5.41, 5.74) is 12.5. The van der Waals surface area contributed by atoms with E-state index in [0.29, 0.717) is 5.56 Å². The van der Waals surface area contributed by atoms with Crippen LogP contribution in [0.3, 0.4) is 0 Å². The monoisotopic (exact) mass is 229 g/mol. The molecule has 0 unspecified atom stereocenters. The van der Waals surface area contributed by atoms with Gasteiger partial charge in [-0.25, -0.2) is 4.98 Å². The molecule has 5 N–H and O–H groups in total. The molecule has 5 heteroatoms. The van der Waals surface area contributed by atoms with Crippen molar-refractivity contribution < 1.29 is 9.90 Å². The SMILES string of the molecule is NC(=O)c1cc(-c2ccc(O)cc2)cnc1N. The molecule has 1 heterocycles. The smallest absolute Gasteiger partial charge is 0.252 e. The maximum absolute atomic E-state index is 11.1. The summed E-state index contributed by atoms with van der Waals surface area (Å²) in [6, 6.07) is 8.11. The second-order valence-electron chi connectivity index (χ2n) is 3.57. The number of carbonyl (C=O) groups is 1.